The Morgan fingerprint density at radius 1 is 1.00 bits per heavy atom. The molecule has 0 saturated heterocycles. The summed E-state index contributed by atoms with van der Waals surface area (Å²) in [5.74, 6) is 1.51. The molecule has 132 valence electrons. The highest BCUT2D eigenvalue weighted by atomic mass is 16.5. The maximum absolute atomic E-state index is 12.9. The van der Waals surface area contributed by atoms with E-state index in [4.69, 9.17) is 4.74 Å². The fourth-order valence-corrected chi connectivity index (χ4v) is 3.42. The monoisotopic (exact) mass is 337 g/mol. The fraction of sp³-hybridized carbons (Fsp3) is 0.409. The fourth-order valence-electron chi connectivity index (χ4n) is 3.42. The first-order valence-electron chi connectivity index (χ1n) is 9.11. The second-order valence-corrected chi connectivity index (χ2v) is 7.43. The van der Waals surface area contributed by atoms with Gasteiger partial charge in [0.05, 0.1) is 5.92 Å². The average molecular weight is 337 g/mol. The van der Waals surface area contributed by atoms with E-state index in [-0.39, 0.29) is 11.8 Å². The number of hydrogen-bond donors (Lipinski definition) is 1. The summed E-state index contributed by atoms with van der Waals surface area (Å²) in [6.07, 6.45) is 0.725. The number of hydrogen-bond acceptors (Lipinski definition) is 2. The Morgan fingerprint density at radius 2 is 1.64 bits per heavy atom. The molecule has 3 heteroatoms. The van der Waals surface area contributed by atoms with E-state index in [0.29, 0.717) is 18.4 Å². The van der Waals surface area contributed by atoms with Crippen molar-refractivity contribution in [1.82, 2.24) is 0 Å². The van der Waals surface area contributed by atoms with Gasteiger partial charge >= 0.3 is 0 Å². The molecular formula is C22H27NO2. The number of fused-ring (bicyclic) bond motifs is 1. The molecule has 0 fully saturated rings. The van der Waals surface area contributed by atoms with Crippen molar-refractivity contribution in [2.75, 3.05) is 11.9 Å². The van der Waals surface area contributed by atoms with Crippen molar-refractivity contribution >= 4 is 11.6 Å². The van der Waals surface area contributed by atoms with Gasteiger partial charge in [-0.15, -0.1) is 0 Å². The van der Waals surface area contributed by atoms with E-state index in [1.807, 2.05) is 24.3 Å². The second-order valence-electron chi connectivity index (χ2n) is 7.43. The van der Waals surface area contributed by atoms with Crippen molar-refractivity contribution in [3.63, 3.8) is 0 Å². The largest absolute Gasteiger partial charge is 0.492 e. The minimum absolute atomic E-state index is 0.0458. The zero-order valence-corrected chi connectivity index (χ0v) is 15.5. The van der Waals surface area contributed by atoms with Gasteiger partial charge in [-0.3, -0.25) is 4.79 Å². The molecule has 3 rings (SSSR count). The minimum atomic E-state index is -0.157. The van der Waals surface area contributed by atoms with Crippen LogP contribution in [0, 0.1) is 5.92 Å². The molecule has 25 heavy (non-hydrogen) atoms. The molecule has 1 unspecified atom stereocenters. The molecule has 1 aliphatic heterocycles. The summed E-state index contributed by atoms with van der Waals surface area (Å²) in [4.78, 5) is 12.9. The van der Waals surface area contributed by atoms with Crippen LogP contribution in [0.4, 0.5) is 5.69 Å². The maximum Gasteiger partial charge on any atom is 0.231 e. The van der Waals surface area contributed by atoms with Crippen molar-refractivity contribution in [3.8, 4) is 5.75 Å². The summed E-state index contributed by atoms with van der Waals surface area (Å²) in [5, 5.41) is 3.22. The van der Waals surface area contributed by atoms with Gasteiger partial charge in [-0.05, 0) is 41.0 Å². The summed E-state index contributed by atoms with van der Waals surface area (Å²) in [6.45, 7) is 9.08. The van der Waals surface area contributed by atoms with E-state index >= 15 is 0 Å². The summed E-state index contributed by atoms with van der Waals surface area (Å²) in [6, 6.07) is 14.3. The number of ether oxygens (including phenoxy) is 1. The van der Waals surface area contributed by atoms with Crippen LogP contribution >= 0.6 is 0 Å². The Kier molecular flexibility index (Phi) is 5.12. The third-order valence-corrected chi connectivity index (χ3v) is 4.87. The number of para-hydroxylation sites is 2. The Balaban J connectivity index is 1.84. The van der Waals surface area contributed by atoms with Crippen LogP contribution in [0.2, 0.25) is 0 Å². The number of benzene rings is 2. The minimum Gasteiger partial charge on any atom is -0.492 e. The molecule has 0 saturated carbocycles. The number of carbonyl (C=O) groups excluding carboxylic acids is 1. The standard InChI is InChI=1S/C22H27NO2/c1-14(2)18-9-7-10-19(15(3)4)21(18)23-22(24)17-12-16-8-5-6-11-20(16)25-13-17/h5-11,14-15,17H,12-13H2,1-4H3,(H,23,24). The van der Waals surface area contributed by atoms with Gasteiger partial charge in [0.25, 0.3) is 0 Å². The molecule has 2 aromatic rings. The van der Waals surface area contributed by atoms with E-state index in [0.717, 1.165) is 23.4 Å². The quantitative estimate of drug-likeness (QED) is 0.840. The molecule has 0 spiro atoms. The SMILES string of the molecule is CC(C)c1cccc(C(C)C)c1NC(=O)C1COc2ccccc2C1. The predicted molar refractivity (Wildman–Crippen MR) is 102 cm³/mol. The second kappa shape index (κ2) is 7.30. The van der Waals surface area contributed by atoms with Crippen LogP contribution in [-0.2, 0) is 11.2 Å². The zero-order chi connectivity index (χ0) is 18.0. The lowest BCUT2D eigenvalue weighted by molar-refractivity contribution is -0.121. The topological polar surface area (TPSA) is 38.3 Å². The number of anilines is 1. The van der Waals surface area contributed by atoms with Gasteiger partial charge in [0.1, 0.15) is 12.4 Å². The Labute approximate surface area is 150 Å². The van der Waals surface area contributed by atoms with Gasteiger partial charge in [-0.25, -0.2) is 0 Å². The lowest BCUT2D eigenvalue weighted by Crippen LogP contribution is -2.33. The smallest absolute Gasteiger partial charge is 0.231 e. The van der Waals surface area contributed by atoms with Crippen molar-refractivity contribution < 1.29 is 9.53 Å². The summed E-state index contributed by atoms with van der Waals surface area (Å²) in [5.41, 5.74) is 4.47. The van der Waals surface area contributed by atoms with Crippen LogP contribution in [0.25, 0.3) is 0 Å². The molecular weight excluding hydrogens is 310 g/mol. The van der Waals surface area contributed by atoms with Gasteiger partial charge in [0, 0.05) is 5.69 Å². The third kappa shape index (κ3) is 3.71. The highest BCUT2D eigenvalue weighted by molar-refractivity contribution is 5.94. The molecule has 1 heterocycles. The van der Waals surface area contributed by atoms with Crippen LogP contribution in [0.1, 0.15) is 56.2 Å². The first-order chi connectivity index (χ1) is 12.0. The van der Waals surface area contributed by atoms with Gasteiger partial charge in [0.15, 0.2) is 0 Å². The summed E-state index contributed by atoms with van der Waals surface area (Å²) < 4.78 is 5.79. The molecule has 0 aliphatic carbocycles. The molecule has 0 aromatic heterocycles. The van der Waals surface area contributed by atoms with E-state index in [2.05, 4.69) is 51.2 Å². The Morgan fingerprint density at radius 3 is 2.28 bits per heavy atom. The first kappa shape index (κ1) is 17.5. The van der Waals surface area contributed by atoms with E-state index < -0.39 is 0 Å². The van der Waals surface area contributed by atoms with Gasteiger partial charge in [-0.2, -0.15) is 0 Å². The van der Waals surface area contributed by atoms with E-state index in [9.17, 15) is 4.79 Å². The Hall–Kier alpha value is -2.29. The van der Waals surface area contributed by atoms with Crippen LogP contribution in [0.15, 0.2) is 42.5 Å². The highest BCUT2D eigenvalue weighted by Gasteiger charge is 2.27. The van der Waals surface area contributed by atoms with Crippen LogP contribution in [0.3, 0.4) is 0 Å². The number of amides is 1. The van der Waals surface area contributed by atoms with Crippen LogP contribution in [-0.4, -0.2) is 12.5 Å². The van der Waals surface area contributed by atoms with Gasteiger partial charge < -0.3 is 10.1 Å². The molecule has 2 aromatic carbocycles. The van der Waals surface area contributed by atoms with Crippen LogP contribution in [0.5, 0.6) is 5.75 Å². The predicted octanol–water partition coefficient (Wildman–Crippen LogP) is 5.12. The molecule has 1 atom stereocenters. The first-order valence-corrected chi connectivity index (χ1v) is 9.11. The summed E-state index contributed by atoms with van der Waals surface area (Å²) >= 11 is 0. The van der Waals surface area contributed by atoms with Crippen molar-refractivity contribution in [1.29, 1.82) is 0 Å². The van der Waals surface area contributed by atoms with Crippen molar-refractivity contribution in [3.05, 3.63) is 59.2 Å². The maximum atomic E-state index is 12.9. The average Bonchev–Trinajstić information content (AvgIpc) is 2.61. The Bertz CT molecular complexity index is 738. The van der Waals surface area contributed by atoms with E-state index in [1.54, 1.807) is 0 Å². The number of nitrogens with one attached hydrogen (secondary N) is 1. The number of carbonyl (C=O) groups is 1. The van der Waals surface area contributed by atoms with Crippen molar-refractivity contribution in [2.45, 2.75) is 46.0 Å². The molecule has 1 N–H and O–H groups in total. The molecule has 0 radical (unpaired) electrons. The molecule has 0 bridgehead atoms. The summed E-state index contributed by atoms with van der Waals surface area (Å²) in [7, 11) is 0. The third-order valence-electron chi connectivity index (χ3n) is 4.87. The van der Waals surface area contributed by atoms with E-state index in [1.165, 1.54) is 11.1 Å². The van der Waals surface area contributed by atoms with Crippen LogP contribution < -0.4 is 10.1 Å². The van der Waals surface area contributed by atoms with Gasteiger partial charge in [0.2, 0.25) is 5.91 Å². The highest BCUT2D eigenvalue weighted by Crippen LogP contribution is 2.33. The normalized spacial score (nSPS) is 16.5. The lowest BCUT2D eigenvalue weighted by atomic mass is 9.91. The molecule has 1 aliphatic rings. The molecule has 3 nitrogen and oxygen atoms in total. The number of rotatable bonds is 4. The lowest BCUT2D eigenvalue weighted by Gasteiger charge is -2.26. The van der Waals surface area contributed by atoms with Crippen molar-refractivity contribution in [2.24, 2.45) is 5.92 Å². The molecule has 1 amide bonds. The zero-order valence-electron chi connectivity index (χ0n) is 15.5. The van der Waals surface area contributed by atoms with Gasteiger partial charge in [-0.1, -0.05) is 64.1 Å².